The highest BCUT2D eigenvalue weighted by Gasteiger charge is 2.31. The van der Waals surface area contributed by atoms with Gasteiger partial charge in [0.25, 0.3) is 10.0 Å². The third kappa shape index (κ3) is 2.88. The average molecular weight is 302 g/mol. The molecule has 1 aromatic heterocycles. The molecule has 1 aliphatic heterocycles. The SMILES string of the molecule is CCN1CCCC1CN(C)S(=O)(=O)c1[nH]ncc1CO. The Morgan fingerprint density at radius 1 is 1.60 bits per heavy atom. The molecule has 2 heterocycles. The molecule has 0 aromatic carbocycles. The summed E-state index contributed by atoms with van der Waals surface area (Å²) in [5, 5.41) is 15.3. The van der Waals surface area contributed by atoms with Gasteiger partial charge in [0.15, 0.2) is 5.03 Å². The van der Waals surface area contributed by atoms with Crippen LogP contribution in [-0.2, 0) is 16.6 Å². The van der Waals surface area contributed by atoms with E-state index in [1.807, 2.05) is 0 Å². The lowest BCUT2D eigenvalue weighted by molar-refractivity contribution is 0.237. The Hall–Kier alpha value is -0.960. The Bertz CT molecular complexity index is 543. The van der Waals surface area contributed by atoms with Crippen molar-refractivity contribution in [1.82, 2.24) is 19.4 Å². The minimum Gasteiger partial charge on any atom is -0.392 e. The first-order valence-electron chi connectivity index (χ1n) is 6.84. The van der Waals surface area contributed by atoms with Crippen LogP contribution in [0.2, 0.25) is 0 Å². The highest BCUT2D eigenvalue weighted by molar-refractivity contribution is 7.89. The molecule has 2 rings (SSSR count). The number of H-pyrrole nitrogens is 1. The normalized spacial score (nSPS) is 20.9. The maximum Gasteiger partial charge on any atom is 0.260 e. The van der Waals surface area contributed by atoms with Gasteiger partial charge in [-0.15, -0.1) is 0 Å². The second-order valence-corrected chi connectivity index (χ2v) is 7.07. The first-order chi connectivity index (χ1) is 9.50. The quantitative estimate of drug-likeness (QED) is 0.772. The monoisotopic (exact) mass is 302 g/mol. The van der Waals surface area contributed by atoms with E-state index in [-0.39, 0.29) is 17.7 Å². The first-order valence-corrected chi connectivity index (χ1v) is 8.28. The third-order valence-corrected chi connectivity index (χ3v) is 5.73. The molecular weight excluding hydrogens is 280 g/mol. The van der Waals surface area contributed by atoms with E-state index < -0.39 is 10.0 Å². The van der Waals surface area contributed by atoms with Gasteiger partial charge < -0.3 is 5.11 Å². The molecular formula is C12H22N4O3S. The van der Waals surface area contributed by atoms with Crippen LogP contribution in [0.4, 0.5) is 0 Å². The van der Waals surface area contributed by atoms with Gasteiger partial charge in [0.1, 0.15) is 0 Å². The summed E-state index contributed by atoms with van der Waals surface area (Å²) in [5.41, 5.74) is 0.301. The van der Waals surface area contributed by atoms with Crippen molar-refractivity contribution in [2.75, 3.05) is 26.7 Å². The molecule has 1 unspecified atom stereocenters. The number of nitrogens with one attached hydrogen (secondary N) is 1. The summed E-state index contributed by atoms with van der Waals surface area (Å²) in [6, 6.07) is 0.264. The van der Waals surface area contributed by atoms with Crippen molar-refractivity contribution in [3.8, 4) is 0 Å². The molecule has 1 atom stereocenters. The van der Waals surface area contributed by atoms with E-state index in [4.69, 9.17) is 5.11 Å². The van der Waals surface area contributed by atoms with E-state index in [1.54, 1.807) is 7.05 Å². The number of aromatic nitrogens is 2. The van der Waals surface area contributed by atoms with Crippen LogP contribution in [0.15, 0.2) is 11.2 Å². The van der Waals surface area contributed by atoms with Gasteiger partial charge in [-0.3, -0.25) is 10.00 Å². The fourth-order valence-corrected chi connectivity index (χ4v) is 4.00. The van der Waals surface area contributed by atoms with Crippen molar-refractivity contribution < 1.29 is 13.5 Å². The van der Waals surface area contributed by atoms with Gasteiger partial charge in [-0.2, -0.15) is 9.40 Å². The Morgan fingerprint density at radius 3 is 3.00 bits per heavy atom. The smallest absolute Gasteiger partial charge is 0.260 e. The number of aliphatic hydroxyl groups excluding tert-OH is 1. The molecule has 8 heteroatoms. The van der Waals surface area contributed by atoms with Crippen molar-refractivity contribution in [2.24, 2.45) is 0 Å². The van der Waals surface area contributed by atoms with Crippen LogP contribution in [0.3, 0.4) is 0 Å². The van der Waals surface area contributed by atoms with E-state index in [0.717, 1.165) is 25.9 Å². The van der Waals surface area contributed by atoms with Gasteiger partial charge in [-0.25, -0.2) is 8.42 Å². The Labute approximate surface area is 119 Å². The van der Waals surface area contributed by atoms with Gasteiger partial charge in [-0.05, 0) is 25.9 Å². The topological polar surface area (TPSA) is 89.5 Å². The molecule has 7 nitrogen and oxygen atoms in total. The zero-order valence-corrected chi connectivity index (χ0v) is 12.7. The number of likely N-dealkylation sites (tertiary alicyclic amines) is 1. The van der Waals surface area contributed by atoms with Gasteiger partial charge in [0.2, 0.25) is 0 Å². The fraction of sp³-hybridized carbons (Fsp3) is 0.750. The summed E-state index contributed by atoms with van der Waals surface area (Å²) < 4.78 is 26.3. The summed E-state index contributed by atoms with van der Waals surface area (Å²) in [7, 11) is -2.06. The number of hydrogen-bond donors (Lipinski definition) is 2. The van der Waals surface area contributed by atoms with Crippen molar-refractivity contribution >= 4 is 10.0 Å². The molecule has 0 radical (unpaired) electrons. The second-order valence-electron chi connectivity index (χ2n) is 5.09. The predicted molar refractivity (Wildman–Crippen MR) is 74.6 cm³/mol. The number of hydrogen-bond acceptors (Lipinski definition) is 5. The van der Waals surface area contributed by atoms with Crippen LogP contribution >= 0.6 is 0 Å². The molecule has 20 heavy (non-hydrogen) atoms. The number of nitrogens with zero attached hydrogens (tertiary/aromatic N) is 3. The summed E-state index contributed by atoms with van der Waals surface area (Å²) in [6.45, 7) is 4.17. The maximum absolute atomic E-state index is 12.5. The van der Waals surface area contributed by atoms with E-state index in [1.165, 1.54) is 10.5 Å². The average Bonchev–Trinajstić information content (AvgIpc) is 3.06. The Kier molecular flexibility index (Phi) is 4.79. The lowest BCUT2D eigenvalue weighted by Gasteiger charge is -2.27. The molecule has 1 aromatic rings. The summed E-state index contributed by atoms with van der Waals surface area (Å²) in [5.74, 6) is 0. The predicted octanol–water partition coefficient (Wildman–Crippen LogP) is 0.00680. The van der Waals surface area contributed by atoms with Crippen LogP contribution in [0, 0.1) is 0 Å². The molecule has 2 N–H and O–H groups in total. The fourth-order valence-electron chi connectivity index (χ4n) is 2.70. The van der Waals surface area contributed by atoms with Crippen molar-refractivity contribution in [3.63, 3.8) is 0 Å². The number of aliphatic hydroxyl groups is 1. The maximum atomic E-state index is 12.5. The second kappa shape index (κ2) is 6.21. The molecule has 0 amide bonds. The van der Waals surface area contributed by atoms with Crippen molar-refractivity contribution in [1.29, 1.82) is 0 Å². The first kappa shape index (κ1) is 15.4. The number of sulfonamides is 1. The standard InChI is InChI=1S/C12H22N4O3S/c1-3-16-6-4-5-11(16)8-15(2)20(18,19)12-10(9-17)7-13-14-12/h7,11,17H,3-6,8-9H2,1-2H3,(H,13,14). The van der Waals surface area contributed by atoms with E-state index in [9.17, 15) is 8.42 Å². The number of likely N-dealkylation sites (N-methyl/N-ethyl adjacent to an activating group) is 2. The van der Waals surface area contributed by atoms with Crippen molar-refractivity contribution in [2.45, 2.75) is 37.4 Å². The van der Waals surface area contributed by atoms with E-state index in [2.05, 4.69) is 22.0 Å². The summed E-state index contributed by atoms with van der Waals surface area (Å²) in [4.78, 5) is 2.30. The lowest BCUT2D eigenvalue weighted by atomic mass is 10.2. The number of rotatable bonds is 6. The van der Waals surface area contributed by atoms with Crippen LogP contribution in [0.5, 0.6) is 0 Å². The Balaban J connectivity index is 2.13. The zero-order valence-electron chi connectivity index (χ0n) is 11.9. The third-order valence-electron chi connectivity index (χ3n) is 3.89. The van der Waals surface area contributed by atoms with E-state index >= 15 is 0 Å². The van der Waals surface area contributed by atoms with Crippen LogP contribution in [0.1, 0.15) is 25.3 Å². The van der Waals surface area contributed by atoms with Crippen molar-refractivity contribution in [3.05, 3.63) is 11.8 Å². The molecule has 1 aliphatic rings. The summed E-state index contributed by atoms with van der Waals surface area (Å²) >= 11 is 0. The lowest BCUT2D eigenvalue weighted by Crippen LogP contribution is -2.41. The highest BCUT2D eigenvalue weighted by atomic mass is 32.2. The minimum atomic E-state index is -3.63. The Morgan fingerprint density at radius 2 is 2.35 bits per heavy atom. The molecule has 0 aliphatic carbocycles. The number of aromatic amines is 1. The van der Waals surface area contributed by atoms with Gasteiger partial charge in [-0.1, -0.05) is 6.92 Å². The molecule has 1 fully saturated rings. The van der Waals surface area contributed by atoms with E-state index in [0.29, 0.717) is 12.1 Å². The molecule has 0 spiro atoms. The van der Waals surface area contributed by atoms with Gasteiger partial charge in [0.05, 0.1) is 12.8 Å². The van der Waals surface area contributed by atoms with Crippen LogP contribution < -0.4 is 0 Å². The van der Waals surface area contributed by atoms with Crippen LogP contribution in [-0.4, -0.2) is 65.7 Å². The molecule has 0 saturated carbocycles. The molecule has 114 valence electrons. The van der Waals surface area contributed by atoms with Crippen LogP contribution in [0.25, 0.3) is 0 Å². The minimum absolute atomic E-state index is 0.0106. The molecule has 0 bridgehead atoms. The summed E-state index contributed by atoms with van der Waals surface area (Å²) in [6.07, 6.45) is 3.47. The van der Waals surface area contributed by atoms with Gasteiger partial charge >= 0.3 is 0 Å². The largest absolute Gasteiger partial charge is 0.392 e. The highest BCUT2D eigenvalue weighted by Crippen LogP contribution is 2.21. The zero-order chi connectivity index (χ0) is 14.8. The van der Waals surface area contributed by atoms with Gasteiger partial charge in [0, 0.05) is 25.2 Å². The molecule has 1 saturated heterocycles.